The second-order valence-corrected chi connectivity index (χ2v) is 6.43. The summed E-state index contributed by atoms with van der Waals surface area (Å²) in [6.45, 7) is 0.590. The number of carbonyl (C=O) groups is 1. The van der Waals surface area contributed by atoms with Crippen LogP contribution in [0.5, 0.6) is 0 Å². The molecule has 0 atom stereocenters. The first-order valence-corrected chi connectivity index (χ1v) is 7.77. The average Bonchev–Trinajstić information content (AvgIpc) is 3.13. The zero-order chi connectivity index (χ0) is 14.0. The highest BCUT2D eigenvalue weighted by Gasteiger charge is 2.37. The monoisotopic (exact) mass is 276 g/mol. The van der Waals surface area contributed by atoms with Crippen molar-refractivity contribution in [3.8, 4) is 0 Å². The summed E-state index contributed by atoms with van der Waals surface area (Å²) in [6.07, 6.45) is 9.92. The molecule has 4 heteroatoms. The minimum Gasteiger partial charge on any atom is -0.467 e. The van der Waals surface area contributed by atoms with Crippen molar-refractivity contribution in [3.63, 3.8) is 0 Å². The largest absolute Gasteiger partial charge is 0.467 e. The van der Waals surface area contributed by atoms with Gasteiger partial charge in [-0.15, -0.1) is 0 Å². The molecule has 0 spiro atoms. The second kappa shape index (κ2) is 5.60. The van der Waals surface area contributed by atoms with Gasteiger partial charge >= 0.3 is 0 Å². The molecule has 0 saturated heterocycles. The minimum absolute atomic E-state index is 0.202. The molecule has 2 aliphatic carbocycles. The van der Waals surface area contributed by atoms with Crippen LogP contribution in [0.2, 0.25) is 0 Å². The number of furan rings is 1. The summed E-state index contributed by atoms with van der Waals surface area (Å²) >= 11 is 0. The fourth-order valence-corrected chi connectivity index (χ4v) is 3.21. The molecule has 0 aromatic carbocycles. The van der Waals surface area contributed by atoms with E-state index in [4.69, 9.17) is 10.2 Å². The van der Waals surface area contributed by atoms with Gasteiger partial charge in [-0.05, 0) is 37.8 Å². The standard InChI is InChI=1S/C16H24N2O2/c17-16(8-2-1-3-9-16)11-15(19)18(13-6-7-13)12-14-5-4-10-20-14/h4-5,10,13H,1-3,6-9,11-12,17H2. The van der Waals surface area contributed by atoms with Gasteiger partial charge in [0, 0.05) is 18.0 Å². The van der Waals surface area contributed by atoms with E-state index in [9.17, 15) is 4.79 Å². The molecule has 1 heterocycles. The molecule has 2 N–H and O–H groups in total. The molecule has 1 aromatic rings. The summed E-state index contributed by atoms with van der Waals surface area (Å²) in [5.41, 5.74) is 6.15. The maximum Gasteiger partial charge on any atom is 0.225 e. The number of amides is 1. The average molecular weight is 276 g/mol. The number of rotatable bonds is 5. The van der Waals surface area contributed by atoms with E-state index in [1.807, 2.05) is 17.0 Å². The van der Waals surface area contributed by atoms with Crippen molar-refractivity contribution >= 4 is 5.91 Å². The van der Waals surface area contributed by atoms with Crippen LogP contribution in [0, 0.1) is 0 Å². The lowest BCUT2D eigenvalue weighted by Crippen LogP contribution is -2.47. The van der Waals surface area contributed by atoms with Gasteiger partial charge in [0.2, 0.25) is 5.91 Å². The molecule has 110 valence electrons. The molecular weight excluding hydrogens is 252 g/mol. The number of nitrogens with zero attached hydrogens (tertiary/aromatic N) is 1. The van der Waals surface area contributed by atoms with Gasteiger partial charge in [-0.1, -0.05) is 19.3 Å². The molecule has 2 fully saturated rings. The van der Waals surface area contributed by atoms with E-state index >= 15 is 0 Å². The van der Waals surface area contributed by atoms with Crippen molar-refractivity contribution in [1.82, 2.24) is 4.90 Å². The molecule has 2 aliphatic rings. The molecule has 0 unspecified atom stereocenters. The van der Waals surface area contributed by atoms with Crippen LogP contribution in [0.3, 0.4) is 0 Å². The van der Waals surface area contributed by atoms with Crippen LogP contribution < -0.4 is 5.73 Å². The van der Waals surface area contributed by atoms with Gasteiger partial charge in [0.25, 0.3) is 0 Å². The normalized spacial score (nSPS) is 21.6. The lowest BCUT2D eigenvalue weighted by molar-refractivity contribution is -0.134. The fraction of sp³-hybridized carbons (Fsp3) is 0.688. The molecular formula is C16H24N2O2. The van der Waals surface area contributed by atoms with Gasteiger partial charge in [0.15, 0.2) is 0 Å². The first kappa shape index (κ1) is 13.7. The van der Waals surface area contributed by atoms with Crippen LogP contribution in [0.1, 0.15) is 57.1 Å². The molecule has 4 nitrogen and oxygen atoms in total. The maximum absolute atomic E-state index is 12.6. The number of hydrogen-bond donors (Lipinski definition) is 1. The van der Waals surface area contributed by atoms with Crippen LogP contribution in [0.25, 0.3) is 0 Å². The molecule has 0 bridgehead atoms. The van der Waals surface area contributed by atoms with Gasteiger partial charge in [-0.3, -0.25) is 4.79 Å². The third-order valence-electron chi connectivity index (χ3n) is 4.57. The highest BCUT2D eigenvalue weighted by atomic mass is 16.3. The number of hydrogen-bond acceptors (Lipinski definition) is 3. The smallest absolute Gasteiger partial charge is 0.225 e. The Hall–Kier alpha value is -1.29. The van der Waals surface area contributed by atoms with Crippen molar-refractivity contribution in [2.24, 2.45) is 5.73 Å². The highest BCUT2D eigenvalue weighted by Crippen LogP contribution is 2.33. The Balaban J connectivity index is 1.63. The van der Waals surface area contributed by atoms with Crippen LogP contribution in [0.4, 0.5) is 0 Å². The summed E-state index contributed by atoms with van der Waals surface area (Å²) in [5.74, 6) is 1.06. The van der Waals surface area contributed by atoms with Crippen LogP contribution in [0.15, 0.2) is 22.8 Å². The van der Waals surface area contributed by atoms with Crippen molar-refractivity contribution in [1.29, 1.82) is 0 Å². The Bertz CT molecular complexity index is 445. The summed E-state index contributed by atoms with van der Waals surface area (Å²) in [5, 5.41) is 0. The summed E-state index contributed by atoms with van der Waals surface area (Å²) < 4.78 is 5.38. The molecule has 20 heavy (non-hydrogen) atoms. The zero-order valence-corrected chi connectivity index (χ0v) is 12.0. The Morgan fingerprint density at radius 2 is 2.10 bits per heavy atom. The van der Waals surface area contributed by atoms with Gasteiger partial charge in [-0.2, -0.15) is 0 Å². The Labute approximate surface area is 120 Å². The van der Waals surface area contributed by atoms with Crippen LogP contribution in [-0.2, 0) is 11.3 Å². The van der Waals surface area contributed by atoms with Crippen LogP contribution >= 0.6 is 0 Å². The SMILES string of the molecule is NC1(CC(=O)N(Cc2ccco2)C2CC2)CCCCC1. The van der Waals surface area contributed by atoms with Gasteiger partial charge < -0.3 is 15.1 Å². The van der Waals surface area contributed by atoms with E-state index in [1.165, 1.54) is 6.42 Å². The third kappa shape index (κ3) is 3.23. The highest BCUT2D eigenvalue weighted by molar-refractivity contribution is 5.78. The Morgan fingerprint density at radius 1 is 1.35 bits per heavy atom. The molecule has 2 saturated carbocycles. The van der Waals surface area contributed by atoms with Crippen LogP contribution in [-0.4, -0.2) is 22.4 Å². The zero-order valence-electron chi connectivity index (χ0n) is 12.0. The van der Waals surface area contributed by atoms with Crippen molar-refractivity contribution in [2.75, 3.05) is 0 Å². The lowest BCUT2D eigenvalue weighted by Gasteiger charge is -2.34. The summed E-state index contributed by atoms with van der Waals surface area (Å²) in [6, 6.07) is 4.21. The van der Waals surface area contributed by atoms with E-state index in [-0.39, 0.29) is 11.4 Å². The van der Waals surface area contributed by atoms with Crippen molar-refractivity contribution < 1.29 is 9.21 Å². The lowest BCUT2D eigenvalue weighted by atomic mass is 9.80. The predicted molar refractivity (Wildman–Crippen MR) is 76.9 cm³/mol. The van der Waals surface area contributed by atoms with Crippen molar-refractivity contribution in [2.45, 2.75) is 69.5 Å². The fourth-order valence-electron chi connectivity index (χ4n) is 3.21. The molecule has 3 rings (SSSR count). The first-order chi connectivity index (χ1) is 9.66. The minimum atomic E-state index is -0.272. The molecule has 0 aliphatic heterocycles. The third-order valence-corrected chi connectivity index (χ3v) is 4.57. The van der Waals surface area contributed by atoms with E-state index in [2.05, 4.69) is 0 Å². The topological polar surface area (TPSA) is 59.5 Å². The number of carbonyl (C=O) groups excluding carboxylic acids is 1. The quantitative estimate of drug-likeness (QED) is 0.899. The van der Waals surface area contributed by atoms with E-state index in [0.29, 0.717) is 19.0 Å². The van der Waals surface area contributed by atoms with E-state index < -0.39 is 0 Å². The predicted octanol–water partition coefficient (Wildman–Crippen LogP) is 2.82. The number of nitrogens with two attached hydrogens (primary N) is 1. The van der Waals surface area contributed by atoms with Gasteiger partial charge in [0.05, 0.1) is 12.8 Å². The van der Waals surface area contributed by atoms with Gasteiger partial charge in [0.1, 0.15) is 5.76 Å². The van der Waals surface area contributed by atoms with Gasteiger partial charge in [-0.25, -0.2) is 0 Å². The first-order valence-electron chi connectivity index (χ1n) is 7.77. The molecule has 0 radical (unpaired) electrons. The maximum atomic E-state index is 12.6. The van der Waals surface area contributed by atoms with E-state index in [0.717, 1.165) is 44.3 Å². The van der Waals surface area contributed by atoms with Crippen molar-refractivity contribution in [3.05, 3.63) is 24.2 Å². The Kier molecular flexibility index (Phi) is 3.83. The summed E-state index contributed by atoms with van der Waals surface area (Å²) in [7, 11) is 0. The van der Waals surface area contributed by atoms with E-state index in [1.54, 1.807) is 6.26 Å². The molecule has 1 aromatic heterocycles. The second-order valence-electron chi connectivity index (χ2n) is 6.43. The molecule has 1 amide bonds. The summed E-state index contributed by atoms with van der Waals surface area (Å²) in [4.78, 5) is 14.6. The Morgan fingerprint density at radius 3 is 2.70 bits per heavy atom.